The standard InChI is InChI=1S/C13H21NO3S/c1-4-13(5-2,9-15)8-14-12(16)10-6-7-11(17-10)18-3/h6-7,15H,4-5,8-9H2,1-3H3,(H,14,16). The number of carbonyl (C=O) groups is 1. The van der Waals surface area contributed by atoms with E-state index in [0.29, 0.717) is 12.3 Å². The van der Waals surface area contributed by atoms with E-state index in [1.165, 1.54) is 11.8 Å². The maximum Gasteiger partial charge on any atom is 0.287 e. The van der Waals surface area contributed by atoms with Crippen molar-refractivity contribution in [3.8, 4) is 0 Å². The lowest BCUT2D eigenvalue weighted by Crippen LogP contribution is -2.39. The fraction of sp³-hybridized carbons (Fsp3) is 0.615. The first-order valence-electron chi connectivity index (χ1n) is 6.13. The van der Waals surface area contributed by atoms with Crippen molar-refractivity contribution >= 4 is 17.7 Å². The summed E-state index contributed by atoms with van der Waals surface area (Å²) in [4.78, 5) is 11.9. The molecule has 18 heavy (non-hydrogen) atoms. The molecule has 2 N–H and O–H groups in total. The average Bonchev–Trinajstić information content (AvgIpc) is 2.89. The molecule has 0 aliphatic carbocycles. The van der Waals surface area contributed by atoms with Crippen LogP contribution in [0.15, 0.2) is 21.6 Å². The Hall–Kier alpha value is -0.940. The van der Waals surface area contributed by atoms with Gasteiger partial charge < -0.3 is 14.8 Å². The van der Waals surface area contributed by atoms with Gasteiger partial charge in [0.2, 0.25) is 0 Å². The second-order valence-corrected chi connectivity index (χ2v) is 5.18. The molecule has 0 aliphatic heterocycles. The average molecular weight is 271 g/mol. The third-order valence-electron chi connectivity index (χ3n) is 3.47. The summed E-state index contributed by atoms with van der Waals surface area (Å²) in [7, 11) is 0. The van der Waals surface area contributed by atoms with Crippen molar-refractivity contribution in [1.82, 2.24) is 5.32 Å². The van der Waals surface area contributed by atoms with Gasteiger partial charge in [-0.15, -0.1) is 0 Å². The van der Waals surface area contributed by atoms with Gasteiger partial charge in [-0.2, -0.15) is 0 Å². The highest BCUT2D eigenvalue weighted by atomic mass is 32.2. The normalized spacial score (nSPS) is 11.6. The molecule has 5 heteroatoms. The Morgan fingerprint density at radius 3 is 2.56 bits per heavy atom. The summed E-state index contributed by atoms with van der Waals surface area (Å²) in [6.45, 7) is 4.58. The number of hydrogen-bond donors (Lipinski definition) is 2. The van der Waals surface area contributed by atoms with Crippen LogP contribution in [0.4, 0.5) is 0 Å². The van der Waals surface area contributed by atoms with Gasteiger partial charge in [0.15, 0.2) is 10.9 Å². The first kappa shape index (κ1) is 15.1. The first-order valence-corrected chi connectivity index (χ1v) is 7.36. The second-order valence-electron chi connectivity index (χ2n) is 4.37. The van der Waals surface area contributed by atoms with Gasteiger partial charge in [0.1, 0.15) is 0 Å². The summed E-state index contributed by atoms with van der Waals surface area (Å²) >= 11 is 1.46. The Bertz CT molecular complexity index is 377. The molecular weight excluding hydrogens is 250 g/mol. The topological polar surface area (TPSA) is 62.5 Å². The Morgan fingerprint density at radius 1 is 1.44 bits per heavy atom. The van der Waals surface area contributed by atoms with Crippen LogP contribution in [0.1, 0.15) is 37.2 Å². The lowest BCUT2D eigenvalue weighted by atomic mass is 9.83. The minimum atomic E-state index is -0.232. The zero-order valence-corrected chi connectivity index (χ0v) is 12.0. The van der Waals surface area contributed by atoms with Crippen molar-refractivity contribution in [2.45, 2.75) is 31.8 Å². The summed E-state index contributed by atoms with van der Waals surface area (Å²) in [6, 6.07) is 3.44. The van der Waals surface area contributed by atoms with Gasteiger partial charge in [-0.1, -0.05) is 25.6 Å². The van der Waals surface area contributed by atoms with Gasteiger partial charge in [0, 0.05) is 12.0 Å². The van der Waals surface area contributed by atoms with Crippen molar-refractivity contribution in [3.05, 3.63) is 17.9 Å². The molecule has 0 atom stereocenters. The van der Waals surface area contributed by atoms with Crippen LogP contribution in [0.25, 0.3) is 0 Å². The highest BCUT2D eigenvalue weighted by molar-refractivity contribution is 7.98. The number of furan rings is 1. The fourth-order valence-electron chi connectivity index (χ4n) is 1.69. The molecule has 1 amide bonds. The Labute approximate surface area is 112 Å². The molecule has 0 saturated heterocycles. The molecule has 0 spiro atoms. The number of hydrogen-bond acceptors (Lipinski definition) is 4. The summed E-state index contributed by atoms with van der Waals surface area (Å²) in [5.74, 6) is 0.0911. The Morgan fingerprint density at radius 2 is 2.11 bits per heavy atom. The third kappa shape index (κ3) is 3.53. The van der Waals surface area contributed by atoms with Crippen molar-refractivity contribution in [1.29, 1.82) is 0 Å². The zero-order valence-electron chi connectivity index (χ0n) is 11.2. The number of aliphatic hydroxyl groups excluding tert-OH is 1. The van der Waals surface area contributed by atoms with Gasteiger partial charge in [-0.25, -0.2) is 0 Å². The smallest absolute Gasteiger partial charge is 0.287 e. The van der Waals surface area contributed by atoms with Crippen LogP contribution in [-0.4, -0.2) is 30.4 Å². The number of amides is 1. The van der Waals surface area contributed by atoms with Crippen LogP contribution >= 0.6 is 11.8 Å². The molecule has 0 aromatic carbocycles. The van der Waals surface area contributed by atoms with E-state index in [2.05, 4.69) is 5.32 Å². The number of nitrogens with one attached hydrogen (secondary N) is 1. The van der Waals surface area contributed by atoms with E-state index < -0.39 is 0 Å². The molecule has 0 unspecified atom stereocenters. The monoisotopic (exact) mass is 271 g/mol. The highest BCUT2D eigenvalue weighted by Gasteiger charge is 2.26. The number of aliphatic hydroxyl groups is 1. The lowest BCUT2D eigenvalue weighted by Gasteiger charge is -2.29. The molecule has 1 rings (SSSR count). The van der Waals surface area contributed by atoms with Gasteiger partial charge >= 0.3 is 0 Å². The fourth-order valence-corrected chi connectivity index (χ4v) is 2.06. The van der Waals surface area contributed by atoms with E-state index in [9.17, 15) is 9.90 Å². The summed E-state index contributed by atoms with van der Waals surface area (Å²) in [5, 5.41) is 13.0. The van der Waals surface area contributed by atoms with Crippen molar-refractivity contribution in [2.75, 3.05) is 19.4 Å². The molecule has 0 aliphatic rings. The van der Waals surface area contributed by atoms with E-state index in [1.54, 1.807) is 12.1 Å². The van der Waals surface area contributed by atoms with E-state index in [4.69, 9.17) is 4.42 Å². The molecule has 0 bridgehead atoms. The highest BCUT2D eigenvalue weighted by Crippen LogP contribution is 2.24. The van der Waals surface area contributed by atoms with E-state index >= 15 is 0 Å². The van der Waals surface area contributed by atoms with E-state index in [0.717, 1.165) is 17.9 Å². The number of thioether (sulfide) groups is 1. The molecule has 0 radical (unpaired) electrons. The third-order valence-corrected chi connectivity index (χ3v) is 4.09. The zero-order chi connectivity index (χ0) is 13.6. The van der Waals surface area contributed by atoms with Crippen LogP contribution in [0.3, 0.4) is 0 Å². The van der Waals surface area contributed by atoms with Crippen molar-refractivity contribution < 1.29 is 14.3 Å². The van der Waals surface area contributed by atoms with Crippen LogP contribution in [0.5, 0.6) is 0 Å². The molecule has 102 valence electrons. The van der Waals surface area contributed by atoms with E-state index in [1.807, 2.05) is 20.1 Å². The van der Waals surface area contributed by atoms with Gasteiger partial charge in [0.25, 0.3) is 5.91 Å². The number of carbonyl (C=O) groups excluding carboxylic acids is 1. The quantitative estimate of drug-likeness (QED) is 0.748. The largest absolute Gasteiger partial charge is 0.445 e. The summed E-state index contributed by atoms with van der Waals surface area (Å²) < 4.78 is 5.35. The Balaban J connectivity index is 2.59. The van der Waals surface area contributed by atoms with Crippen LogP contribution in [0, 0.1) is 5.41 Å². The molecular formula is C13H21NO3S. The molecule has 4 nitrogen and oxygen atoms in total. The van der Waals surface area contributed by atoms with Gasteiger partial charge in [0.05, 0.1) is 6.61 Å². The van der Waals surface area contributed by atoms with Gasteiger partial charge in [-0.3, -0.25) is 4.79 Å². The minimum Gasteiger partial charge on any atom is -0.445 e. The van der Waals surface area contributed by atoms with Crippen LogP contribution in [-0.2, 0) is 0 Å². The SMILES string of the molecule is CCC(CC)(CO)CNC(=O)c1ccc(SC)o1. The Kier molecular flexibility index (Phi) is 5.75. The molecule has 0 fully saturated rings. The molecule has 1 heterocycles. The second kappa shape index (κ2) is 6.85. The predicted octanol–water partition coefficient (Wildman–Crippen LogP) is 2.53. The maximum atomic E-state index is 11.9. The van der Waals surface area contributed by atoms with E-state index in [-0.39, 0.29) is 17.9 Å². The molecule has 1 aromatic rings. The van der Waals surface area contributed by atoms with Gasteiger partial charge in [-0.05, 0) is 31.2 Å². The van der Waals surface area contributed by atoms with Crippen LogP contribution in [0.2, 0.25) is 0 Å². The molecule has 1 aromatic heterocycles. The maximum absolute atomic E-state index is 11.9. The minimum absolute atomic E-state index is 0.0779. The predicted molar refractivity (Wildman–Crippen MR) is 72.9 cm³/mol. The number of rotatable bonds is 7. The summed E-state index contributed by atoms with van der Waals surface area (Å²) in [5.41, 5.74) is -0.232. The summed E-state index contributed by atoms with van der Waals surface area (Å²) in [6.07, 6.45) is 3.55. The van der Waals surface area contributed by atoms with Crippen LogP contribution < -0.4 is 5.32 Å². The van der Waals surface area contributed by atoms with Crippen molar-refractivity contribution in [3.63, 3.8) is 0 Å². The van der Waals surface area contributed by atoms with Crippen molar-refractivity contribution in [2.24, 2.45) is 5.41 Å². The molecule has 0 saturated carbocycles. The first-order chi connectivity index (χ1) is 8.60. The lowest BCUT2D eigenvalue weighted by molar-refractivity contribution is 0.0823.